The van der Waals surface area contributed by atoms with Crippen LogP contribution in [0.5, 0.6) is 23.1 Å². The summed E-state index contributed by atoms with van der Waals surface area (Å²) < 4.78 is 19.9. The van der Waals surface area contributed by atoms with Crippen LogP contribution in [0.4, 0.5) is 5.69 Å². The maximum atomic E-state index is 13.5. The lowest BCUT2D eigenvalue weighted by atomic mass is 10.0. The van der Waals surface area contributed by atoms with E-state index in [1.165, 1.54) is 4.68 Å². The molecule has 1 aliphatic rings. The highest BCUT2D eigenvalue weighted by molar-refractivity contribution is 5.90. The molecular formula is C26H23N3O5. The summed E-state index contributed by atoms with van der Waals surface area (Å²) >= 11 is 0. The summed E-state index contributed by atoms with van der Waals surface area (Å²) in [5.41, 5.74) is 2.37. The third kappa shape index (κ3) is 3.79. The van der Waals surface area contributed by atoms with Crippen LogP contribution >= 0.6 is 0 Å². The number of carbonyl (C=O) groups is 1. The molecule has 4 aromatic rings. The summed E-state index contributed by atoms with van der Waals surface area (Å²) in [5.74, 6) is 1.83. The minimum absolute atomic E-state index is 0.129. The first-order chi connectivity index (χ1) is 16.6. The number of para-hydroxylation sites is 2. The van der Waals surface area contributed by atoms with E-state index in [0.29, 0.717) is 46.5 Å². The number of carbonyl (C=O) groups excluding carboxylic acids is 1. The lowest BCUT2D eigenvalue weighted by Crippen LogP contribution is -2.27. The zero-order valence-electron chi connectivity index (χ0n) is 18.8. The lowest BCUT2D eigenvalue weighted by molar-refractivity contribution is -0.117. The monoisotopic (exact) mass is 457 g/mol. The van der Waals surface area contributed by atoms with E-state index in [0.717, 1.165) is 5.56 Å². The molecule has 0 unspecified atom stereocenters. The maximum absolute atomic E-state index is 13.5. The zero-order chi connectivity index (χ0) is 23.7. The molecule has 0 radical (unpaired) electrons. The number of anilines is 1. The summed E-state index contributed by atoms with van der Waals surface area (Å²) in [7, 11) is 3.15. The van der Waals surface area contributed by atoms with Crippen LogP contribution in [0.2, 0.25) is 0 Å². The van der Waals surface area contributed by atoms with Crippen LogP contribution in [-0.2, 0) is 17.8 Å². The molecule has 8 nitrogen and oxygen atoms in total. The van der Waals surface area contributed by atoms with Gasteiger partial charge in [0.05, 0.1) is 25.5 Å². The number of hydrogen-bond acceptors (Lipinski definition) is 5. The van der Waals surface area contributed by atoms with E-state index in [1.807, 2.05) is 42.5 Å². The summed E-state index contributed by atoms with van der Waals surface area (Å²) in [6, 6.07) is 21.8. The van der Waals surface area contributed by atoms with E-state index >= 15 is 0 Å². The number of rotatable bonds is 6. The molecule has 5 rings (SSSR count). The molecule has 34 heavy (non-hydrogen) atoms. The predicted octanol–water partition coefficient (Wildman–Crippen LogP) is 3.99. The van der Waals surface area contributed by atoms with Crippen molar-refractivity contribution in [1.82, 2.24) is 9.36 Å². The number of nitrogens with zero attached hydrogens (tertiary/aromatic N) is 2. The van der Waals surface area contributed by atoms with Crippen molar-refractivity contribution in [1.29, 1.82) is 0 Å². The quantitative estimate of drug-likeness (QED) is 0.417. The van der Waals surface area contributed by atoms with Gasteiger partial charge in [-0.3, -0.25) is 9.59 Å². The third-order valence-electron chi connectivity index (χ3n) is 5.70. The molecule has 8 heteroatoms. The minimum Gasteiger partial charge on any atom is -0.497 e. The molecule has 0 bridgehead atoms. The Morgan fingerprint density at radius 3 is 2.44 bits per heavy atom. The van der Waals surface area contributed by atoms with E-state index in [1.54, 1.807) is 49.2 Å². The van der Waals surface area contributed by atoms with Crippen LogP contribution in [0.3, 0.4) is 0 Å². The second-order valence-corrected chi connectivity index (χ2v) is 7.80. The van der Waals surface area contributed by atoms with Gasteiger partial charge < -0.3 is 19.5 Å². The van der Waals surface area contributed by atoms with Gasteiger partial charge in [-0.2, -0.15) is 0 Å². The fourth-order valence-corrected chi connectivity index (χ4v) is 4.08. The number of methoxy groups -OCH3 is 2. The Bertz CT molecular complexity index is 1410. The van der Waals surface area contributed by atoms with Gasteiger partial charge >= 0.3 is 0 Å². The highest BCUT2D eigenvalue weighted by Gasteiger charge is 2.30. The van der Waals surface area contributed by atoms with Crippen LogP contribution in [0.15, 0.2) is 77.6 Å². The van der Waals surface area contributed by atoms with Gasteiger partial charge in [-0.05, 0) is 42.5 Å². The number of ether oxygens (including phenoxy) is 3. The number of amides is 1. The van der Waals surface area contributed by atoms with Crippen molar-refractivity contribution in [3.8, 4) is 28.8 Å². The van der Waals surface area contributed by atoms with E-state index in [9.17, 15) is 9.59 Å². The Balaban J connectivity index is 1.55. The molecule has 0 saturated carbocycles. The van der Waals surface area contributed by atoms with Gasteiger partial charge in [-0.25, -0.2) is 9.36 Å². The van der Waals surface area contributed by atoms with Gasteiger partial charge in [0.15, 0.2) is 11.5 Å². The van der Waals surface area contributed by atoms with Crippen molar-refractivity contribution in [3.05, 3.63) is 94.3 Å². The molecule has 1 amide bonds. The van der Waals surface area contributed by atoms with Gasteiger partial charge in [0.2, 0.25) is 11.8 Å². The fraction of sp³-hybridized carbons (Fsp3) is 0.154. The van der Waals surface area contributed by atoms with Crippen molar-refractivity contribution in [2.24, 2.45) is 0 Å². The van der Waals surface area contributed by atoms with Gasteiger partial charge in [-0.1, -0.05) is 30.3 Å². The van der Waals surface area contributed by atoms with Gasteiger partial charge in [0.25, 0.3) is 5.56 Å². The topological polar surface area (TPSA) is 83.7 Å². The standard InChI is InChI=1S/C26H23N3O5/c1-32-20-13-11-18(12-14-20)27-23(30)16-28-26-21(25(31)29(28)19-8-4-3-5-9-19)15-17-7-6-10-22(33-2)24(17)34-26/h3-14H,15-16H2,1-2H3,(H,27,30). The Morgan fingerprint density at radius 2 is 1.74 bits per heavy atom. The largest absolute Gasteiger partial charge is 0.497 e. The van der Waals surface area contributed by atoms with Crippen LogP contribution in [0.1, 0.15) is 11.1 Å². The van der Waals surface area contributed by atoms with Crippen LogP contribution in [0, 0.1) is 0 Å². The van der Waals surface area contributed by atoms with Crippen molar-refractivity contribution >= 4 is 11.6 Å². The molecule has 1 aliphatic heterocycles. The molecule has 1 aromatic heterocycles. The maximum Gasteiger partial charge on any atom is 0.278 e. The molecule has 172 valence electrons. The highest BCUT2D eigenvalue weighted by atomic mass is 16.5. The molecule has 2 heterocycles. The van der Waals surface area contributed by atoms with E-state index < -0.39 is 0 Å². The fourth-order valence-electron chi connectivity index (χ4n) is 4.08. The number of nitrogens with one attached hydrogen (secondary N) is 1. The zero-order valence-corrected chi connectivity index (χ0v) is 18.8. The Kier molecular flexibility index (Phi) is 5.55. The summed E-state index contributed by atoms with van der Waals surface area (Å²) in [6.45, 7) is -0.129. The highest BCUT2D eigenvalue weighted by Crippen LogP contribution is 2.41. The van der Waals surface area contributed by atoms with Gasteiger partial charge in [-0.15, -0.1) is 0 Å². The lowest BCUT2D eigenvalue weighted by Gasteiger charge is -2.21. The molecule has 1 N–H and O–H groups in total. The van der Waals surface area contributed by atoms with Gasteiger partial charge in [0.1, 0.15) is 12.3 Å². The first-order valence-corrected chi connectivity index (χ1v) is 10.8. The van der Waals surface area contributed by atoms with Crippen LogP contribution in [-0.4, -0.2) is 29.5 Å². The SMILES string of the molecule is COc1ccc(NC(=O)Cn2c3c(c(=O)n2-c2ccccc2)Cc2cccc(OC)c2O3)cc1. The number of benzene rings is 3. The average Bonchev–Trinajstić information content (AvgIpc) is 3.13. The van der Waals surface area contributed by atoms with E-state index in [-0.39, 0.29) is 18.0 Å². The van der Waals surface area contributed by atoms with Crippen molar-refractivity contribution < 1.29 is 19.0 Å². The minimum atomic E-state index is -0.304. The van der Waals surface area contributed by atoms with Gasteiger partial charge in [0, 0.05) is 17.7 Å². The number of fused-ring (bicyclic) bond motifs is 2. The number of aromatic nitrogens is 2. The summed E-state index contributed by atoms with van der Waals surface area (Å²) in [4.78, 5) is 26.5. The van der Waals surface area contributed by atoms with Crippen LogP contribution in [0.25, 0.3) is 5.69 Å². The molecule has 0 saturated heterocycles. The smallest absolute Gasteiger partial charge is 0.278 e. The van der Waals surface area contributed by atoms with E-state index in [4.69, 9.17) is 14.2 Å². The van der Waals surface area contributed by atoms with Crippen molar-refractivity contribution in [2.75, 3.05) is 19.5 Å². The van der Waals surface area contributed by atoms with Crippen molar-refractivity contribution in [2.45, 2.75) is 13.0 Å². The molecule has 0 aliphatic carbocycles. The van der Waals surface area contributed by atoms with Crippen LogP contribution < -0.4 is 25.1 Å². The Labute approximate surface area is 195 Å². The molecule has 0 fully saturated rings. The normalized spacial score (nSPS) is 11.7. The molecule has 3 aromatic carbocycles. The summed E-state index contributed by atoms with van der Waals surface area (Å²) in [5, 5.41) is 2.87. The second-order valence-electron chi connectivity index (χ2n) is 7.80. The molecule has 0 atom stereocenters. The molecule has 0 spiro atoms. The summed E-state index contributed by atoms with van der Waals surface area (Å²) in [6.07, 6.45) is 0.376. The van der Waals surface area contributed by atoms with Crippen molar-refractivity contribution in [3.63, 3.8) is 0 Å². The Morgan fingerprint density at radius 1 is 0.971 bits per heavy atom. The number of hydrogen-bond donors (Lipinski definition) is 1. The third-order valence-corrected chi connectivity index (χ3v) is 5.70. The second kappa shape index (κ2) is 8.82. The average molecular weight is 457 g/mol. The molecular weight excluding hydrogens is 434 g/mol. The first-order valence-electron chi connectivity index (χ1n) is 10.8. The Hall–Kier alpha value is -4.46. The first kappa shape index (κ1) is 21.4. The van der Waals surface area contributed by atoms with E-state index in [2.05, 4.69) is 5.32 Å². The predicted molar refractivity (Wildman–Crippen MR) is 128 cm³/mol.